The van der Waals surface area contributed by atoms with Crippen molar-refractivity contribution >= 4 is 11.9 Å². The van der Waals surface area contributed by atoms with Crippen molar-refractivity contribution in [3.05, 3.63) is 11.1 Å². The van der Waals surface area contributed by atoms with Crippen LogP contribution in [0.1, 0.15) is 47.0 Å². The quantitative estimate of drug-likeness (QED) is 0.581. The summed E-state index contributed by atoms with van der Waals surface area (Å²) in [7, 11) is 1.35. The van der Waals surface area contributed by atoms with Crippen LogP contribution in [-0.4, -0.2) is 36.5 Å². The molecule has 108 valence electrons. The summed E-state index contributed by atoms with van der Waals surface area (Å²) >= 11 is 0. The van der Waals surface area contributed by atoms with E-state index in [1.165, 1.54) is 7.11 Å². The smallest absolute Gasteiger partial charge is 0.310 e. The maximum absolute atomic E-state index is 12.6. The number of ether oxygens (including phenoxy) is 1. The van der Waals surface area contributed by atoms with Crippen LogP contribution < -0.4 is 0 Å². The fourth-order valence-electron chi connectivity index (χ4n) is 2.59. The molecule has 1 saturated heterocycles. The van der Waals surface area contributed by atoms with Crippen molar-refractivity contribution in [2.75, 3.05) is 13.7 Å². The Hall–Kier alpha value is -1.32. The van der Waals surface area contributed by atoms with E-state index in [2.05, 4.69) is 18.6 Å². The van der Waals surface area contributed by atoms with Crippen LogP contribution in [0.2, 0.25) is 0 Å². The molecule has 0 aromatic carbocycles. The van der Waals surface area contributed by atoms with E-state index in [1.807, 2.05) is 18.7 Å². The molecule has 19 heavy (non-hydrogen) atoms. The van der Waals surface area contributed by atoms with Crippen LogP contribution in [0.15, 0.2) is 11.1 Å². The van der Waals surface area contributed by atoms with Gasteiger partial charge >= 0.3 is 5.97 Å². The Labute approximate surface area is 115 Å². The second kappa shape index (κ2) is 6.73. The first-order valence-electron chi connectivity index (χ1n) is 6.92. The van der Waals surface area contributed by atoms with Crippen molar-refractivity contribution in [3.63, 3.8) is 0 Å². The van der Waals surface area contributed by atoms with Crippen molar-refractivity contribution < 1.29 is 14.3 Å². The van der Waals surface area contributed by atoms with E-state index in [-0.39, 0.29) is 18.3 Å². The lowest BCUT2D eigenvalue weighted by atomic mass is 10.00. The number of carbonyl (C=O) groups is 2. The maximum Gasteiger partial charge on any atom is 0.310 e. The van der Waals surface area contributed by atoms with Gasteiger partial charge < -0.3 is 9.64 Å². The molecule has 1 aliphatic rings. The Balaban J connectivity index is 2.89. The van der Waals surface area contributed by atoms with Gasteiger partial charge in [0.25, 0.3) is 5.91 Å². The Kier molecular flexibility index (Phi) is 5.58. The Bertz CT molecular complexity index is 381. The highest BCUT2D eigenvalue weighted by Gasteiger charge is 2.33. The van der Waals surface area contributed by atoms with E-state index in [4.69, 9.17) is 0 Å². The average molecular weight is 267 g/mol. The van der Waals surface area contributed by atoms with E-state index < -0.39 is 0 Å². The second-order valence-electron chi connectivity index (χ2n) is 5.68. The number of methoxy groups -OCH3 is 1. The lowest BCUT2D eigenvalue weighted by Crippen LogP contribution is -2.40. The number of hydrogen-bond acceptors (Lipinski definition) is 3. The zero-order chi connectivity index (χ0) is 14.6. The SMILES string of the molecule is COC(=O)CC(C(=O)N1CCC[C@H]1C(C)C)=C(C)C. The summed E-state index contributed by atoms with van der Waals surface area (Å²) in [6.45, 7) is 8.81. The number of allylic oxidation sites excluding steroid dienone is 1. The molecule has 1 fully saturated rings. The molecule has 0 unspecified atom stereocenters. The topological polar surface area (TPSA) is 46.6 Å². The van der Waals surface area contributed by atoms with E-state index >= 15 is 0 Å². The fourth-order valence-corrected chi connectivity index (χ4v) is 2.59. The lowest BCUT2D eigenvalue weighted by molar-refractivity contribution is -0.141. The van der Waals surface area contributed by atoms with Crippen LogP contribution in [0.4, 0.5) is 0 Å². The van der Waals surface area contributed by atoms with Crippen LogP contribution >= 0.6 is 0 Å². The Morgan fingerprint density at radius 2 is 1.95 bits per heavy atom. The molecule has 0 bridgehead atoms. The van der Waals surface area contributed by atoms with Gasteiger partial charge in [-0.2, -0.15) is 0 Å². The van der Waals surface area contributed by atoms with E-state index in [0.29, 0.717) is 17.5 Å². The molecule has 1 heterocycles. The van der Waals surface area contributed by atoms with Gasteiger partial charge in [-0.25, -0.2) is 0 Å². The molecule has 4 nitrogen and oxygen atoms in total. The minimum Gasteiger partial charge on any atom is -0.469 e. The third-order valence-corrected chi connectivity index (χ3v) is 3.74. The highest BCUT2D eigenvalue weighted by molar-refractivity contribution is 5.98. The van der Waals surface area contributed by atoms with Gasteiger partial charge in [-0.15, -0.1) is 0 Å². The minimum absolute atomic E-state index is 0.00148. The first kappa shape index (κ1) is 15.7. The largest absolute Gasteiger partial charge is 0.469 e. The number of esters is 1. The average Bonchev–Trinajstić information content (AvgIpc) is 2.83. The molecule has 4 heteroatoms. The first-order chi connectivity index (χ1) is 8.88. The van der Waals surface area contributed by atoms with E-state index in [1.54, 1.807) is 0 Å². The van der Waals surface area contributed by atoms with Gasteiger partial charge in [-0.1, -0.05) is 19.4 Å². The van der Waals surface area contributed by atoms with Crippen LogP contribution in [0.3, 0.4) is 0 Å². The van der Waals surface area contributed by atoms with Crippen molar-refractivity contribution in [2.24, 2.45) is 5.92 Å². The predicted octanol–water partition coefficient (Wildman–Crippen LogP) is 2.53. The third kappa shape index (κ3) is 3.82. The monoisotopic (exact) mass is 267 g/mol. The van der Waals surface area contributed by atoms with Crippen LogP contribution in [-0.2, 0) is 14.3 Å². The molecular formula is C15H25NO3. The van der Waals surface area contributed by atoms with Crippen molar-refractivity contribution in [1.29, 1.82) is 0 Å². The highest BCUT2D eigenvalue weighted by Crippen LogP contribution is 2.26. The molecule has 0 aliphatic carbocycles. The second-order valence-corrected chi connectivity index (χ2v) is 5.68. The third-order valence-electron chi connectivity index (χ3n) is 3.74. The molecular weight excluding hydrogens is 242 g/mol. The lowest BCUT2D eigenvalue weighted by Gasteiger charge is -2.29. The standard InChI is InChI=1S/C15H25NO3/c1-10(2)12(9-14(17)19-5)15(18)16-8-6-7-13(16)11(3)4/h11,13H,6-9H2,1-5H3/t13-/m0/s1. The fraction of sp³-hybridized carbons (Fsp3) is 0.733. The number of likely N-dealkylation sites (tertiary alicyclic amines) is 1. The molecule has 1 rings (SSSR count). The van der Waals surface area contributed by atoms with Crippen LogP contribution in [0.5, 0.6) is 0 Å². The van der Waals surface area contributed by atoms with Gasteiger partial charge in [-0.05, 0) is 32.6 Å². The summed E-state index contributed by atoms with van der Waals surface area (Å²) in [5.41, 5.74) is 1.48. The summed E-state index contributed by atoms with van der Waals surface area (Å²) in [6.07, 6.45) is 2.17. The molecule has 1 amide bonds. The molecule has 0 N–H and O–H groups in total. The van der Waals surface area contributed by atoms with Crippen molar-refractivity contribution in [3.8, 4) is 0 Å². The molecule has 0 aromatic heterocycles. The summed E-state index contributed by atoms with van der Waals surface area (Å²) in [6, 6.07) is 0.291. The van der Waals surface area contributed by atoms with E-state index in [9.17, 15) is 9.59 Å². The normalized spacial score (nSPS) is 18.6. The summed E-state index contributed by atoms with van der Waals surface area (Å²) in [5.74, 6) is 0.0921. The molecule has 0 radical (unpaired) electrons. The van der Waals surface area contributed by atoms with Gasteiger partial charge in [-0.3, -0.25) is 9.59 Å². The van der Waals surface area contributed by atoms with Crippen LogP contribution in [0.25, 0.3) is 0 Å². The highest BCUT2D eigenvalue weighted by atomic mass is 16.5. The molecule has 0 spiro atoms. The Morgan fingerprint density at radius 1 is 1.32 bits per heavy atom. The zero-order valence-electron chi connectivity index (χ0n) is 12.7. The van der Waals surface area contributed by atoms with Gasteiger partial charge in [0.05, 0.1) is 13.5 Å². The molecule has 0 saturated carbocycles. The summed E-state index contributed by atoms with van der Waals surface area (Å²) in [4.78, 5) is 26.0. The van der Waals surface area contributed by atoms with Crippen molar-refractivity contribution in [2.45, 2.75) is 53.0 Å². The van der Waals surface area contributed by atoms with Gasteiger partial charge in [0.2, 0.25) is 0 Å². The summed E-state index contributed by atoms with van der Waals surface area (Å²) in [5, 5.41) is 0. The van der Waals surface area contributed by atoms with Gasteiger partial charge in [0, 0.05) is 18.2 Å². The number of amides is 1. The first-order valence-corrected chi connectivity index (χ1v) is 6.92. The number of rotatable bonds is 4. The Morgan fingerprint density at radius 3 is 2.42 bits per heavy atom. The van der Waals surface area contributed by atoms with Gasteiger partial charge in [0.1, 0.15) is 0 Å². The molecule has 1 atom stereocenters. The number of nitrogens with zero attached hydrogens (tertiary/aromatic N) is 1. The van der Waals surface area contributed by atoms with Gasteiger partial charge in [0.15, 0.2) is 0 Å². The zero-order valence-corrected chi connectivity index (χ0v) is 12.7. The number of hydrogen-bond donors (Lipinski definition) is 0. The molecule has 0 aromatic rings. The molecule has 1 aliphatic heterocycles. The summed E-state index contributed by atoms with van der Waals surface area (Å²) < 4.78 is 4.67. The van der Waals surface area contributed by atoms with Crippen LogP contribution in [0, 0.1) is 5.92 Å². The number of carbonyl (C=O) groups excluding carboxylic acids is 2. The van der Waals surface area contributed by atoms with Crippen molar-refractivity contribution in [1.82, 2.24) is 4.90 Å². The predicted molar refractivity (Wildman–Crippen MR) is 74.6 cm³/mol. The minimum atomic E-state index is -0.357. The maximum atomic E-state index is 12.6. The van der Waals surface area contributed by atoms with E-state index in [0.717, 1.165) is 25.0 Å².